The standard InChI is InChI=1S/C13H16ClN3OS/c1-3-10-7-11(17(2)16-10)8-19(18)13-5-4-9(14)6-12(13)15/h4-7H,3,8,15H2,1-2H3. The van der Waals surface area contributed by atoms with E-state index in [0.29, 0.717) is 21.4 Å². The molecule has 0 saturated carbocycles. The molecule has 4 nitrogen and oxygen atoms in total. The Kier molecular flexibility index (Phi) is 4.27. The Morgan fingerprint density at radius 3 is 2.74 bits per heavy atom. The molecule has 1 aromatic heterocycles. The van der Waals surface area contributed by atoms with Crippen LogP contribution in [0.15, 0.2) is 29.2 Å². The van der Waals surface area contributed by atoms with Crippen LogP contribution in [-0.4, -0.2) is 14.0 Å². The van der Waals surface area contributed by atoms with Gasteiger partial charge in [0.15, 0.2) is 0 Å². The Morgan fingerprint density at radius 2 is 2.16 bits per heavy atom. The van der Waals surface area contributed by atoms with Crippen molar-refractivity contribution < 1.29 is 4.21 Å². The predicted molar refractivity (Wildman–Crippen MR) is 78.6 cm³/mol. The summed E-state index contributed by atoms with van der Waals surface area (Å²) in [5.74, 6) is 0.398. The van der Waals surface area contributed by atoms with Crippen LogP contribution in [-0.2, 0) is 30.0 Å². The van der Waals surface area contributed by atoms with Crippen molar-refractivity contribution in [3.05, 3.63) is 40.7 Å². The molecule has 0 bridgehead atoms. The fraction of sp³-hybridized carbons (Fsp3) is 0.308. The number of hydrogen-bond donors (Lipinski definition) is 1. The van der Waals surface area contributed by atoms with E-state index in [2.05, 4.69) is 5.10 Å². The Hall–Kier alpha value is -1.33. The molecule has 0 fully saturated rings. The second kappa shape index (κ2) is 5.75. The van der Waals surface area contributed by atoms with Crippen molar-refractivity contribution in [2.75, 3.05) is 5.73 Å². The Balaban J connectivity index is 2.23. The first kappa shape index (κ1) is 14.1. The molecule has 6 heteroatoms. The first-order valence-electron chi connectivity index (χ1n) is 5.96. The van der Waals surface area contributed by atoms with Gasteiger partial charge in [-0.25, -0.2) is 0 Å². The minimum absolute atomic E-state index is 0.398. The average Bonchev–Trinajstić information content (AvgIpc) is 2.70. The molecule has 0 radical (unpaired) electrons. The molecule has 1 heterocycles. The predicted octanol–water partition coefficient (Wildman–Crippen LogP) is 2.53. The highest BCUT2D eigenvalue weighted by atomic mass is 35.5. The molecule has 0 spiro atoms. The third-order valence-corrected chi connectivity index (χ3v) is 4.54. The Labute approximate surface area is 120 Å². The molecular weight excluding hydrogens is 282 g/mol. The second-order valence-corrected chi connectivity index (χ2v) is 6.13. The van der Waals surface area contributed by atoms with Crippen molar-refractivity contribution >= 4 is 28.1 Å². The van der Waals surface area contributed by atoms with Crippen molar-refractivity contribution in [2.45, 2.75) is 24.0 Å². The number of anilines is 1. The largest absolute Gasteiger partial charge is 0.398 e. The number of nitrogens with zero attached hydrogens (tertiary/aromatic N) is 2. The number of hydrogen-bond acceptors (Lipinski definition) is 3. The lowest BCUT2D eigenvalue weighted by Gasteiger charge is -2.06. The number of benzene rings is 1. The molecule has 0 aliphatic heterocycles. The number of aromatic nitrogens is 2. The van der Waals surface area contributed by atoms with Crippen LogP contribution in [0.4, 0.5) is 5.69 Å². The zero-order chi connectivity index (χ0) is 14.0. The van der Waals surface area contributed by atoms with Gasteiger partial charge in [0.1, 0.15) is 0 Å². The summed E-state index contributed by atoms with van der Waals surface area (Å²) in [5, 5.41) is 4.89. The molecule has 0 saturated heterocycles. The van der Waals surface area contributed by atoms with Crippen LogP contribution in [0, 0.1) is 0 Å². The van der Waals surface area contributed by atoms with Gasteiger partial charge >= 0.3 is 0 Å². The van der Waals surface area contributed by atoms with Crippen molar-refractivity contribution in [3.63, 3.8) is 0 Å². The number of nitrogens with two attached hydrogens (primary N) is 1. The van der Waals surface area contributed by atoms with Crippen molar-refractivity contribution in [1.82, 2.24) is 9.78 Å². The van der Waals surface area contributed by atoms with E-state index in [9.17, 15) is 4.21 Å². The highest BCUT2D eigenvalue weighted by molar-refractivity contribution is 7.84. The summed E-state index contributed by atoms with van der Waals surface area (Å²) < 4.78 is 14.1. The molecule has 102 valence electrons. The van der Waals surface area contributed by atoms with Gasteiger partial charge in [-0.2, -0.15) is 5.10 Å². The SMILES string of the molecule is CCc1cc(CS(=O)c2ccc(Cl)cc2N)n(C)n1. The molecular formula is C13H16ClN3OS. The van der Waals surface area contributed by atoms with Gasteiger partial charge in [0.25, 0.3) is 0 Å². The molecule has 1 atom stereocenters. The number of nitrogen functional groups attached to an aromatic ring is 1. The normalized spacial score (nSPS) is 12.6. The fourth-order valence-corrected chi connectivity index (χ4v) is 3.23. The van der Waals surface area contributed by atoms with Gasteiger partial charge in [0, 0.05) is 17.8 Å². The summed E-state index contributed by atoms with van der Waals surface area (Å²) in [7, 11) is 0.660. The van der Waals surface area contributed by atoms with E-state index in [1.165, 1.54) is 0 Å². The Morgan fingerprint density at radius 1 is 1.42 bits per heavy atom. The van der Waals surface area contributed by atoms with Gasteiger partial charge in [-0.1, -0.05) is 18.5 Å². The van der Waals surface area contributed by atoms with E-state index in [-0.39, 0.29) is 0 Å². The highest BCUT2D eigenvalue weighted by Crippen LogP contribution is 2.23. The molecule has 2 N–H and O–H groups in total. The van der Waals surface area contributed by atoms with Gasteiger partial charge in [0.05, 0.1) is 32.8 Å². The summed E-state index contributed by atoms with van der Waals surface area (Å²) >= 11 is 5.84. The maximum atomic E-state index is 12.3. The Bertz CT molecular complexity index is 624. The lowest BCUT2D eigenvalue weighted by Crippen LogP contribution is -2.05. The second-order valence-electron chi connectivity index (χ2n) is 4.28. The molecule has 19 heavy (non-hydrogen) atoms. The fourth-order valence-electron chi connectivity index (χ4n) is 1.82. The summed E-state index contributed by atoms with van der Waals surface area (Å²) in [6, 6.07) is 7.01. The summed E-state index contributed by atoms with van der Waals surface area (Å²) in [6.45, 7) is 2.04. The smallest absolute Gasteiger partial charge is 0.0703 e. The van der Waals surface area contributed by atoms with E-state index >= 15 is 0 Å². The summed E-state index contributed by atoms with van der Waals surface area (Å²) in [4.78, 5) is 0.614. The maximum absolute atomic E-state index is 12.3. The quantitative estimate of drug-likeness (QED) is 0.882. The third kappa shape index (κ3) is 3.16. The molecule has 2 aromatic rings. The van der Waals surface area contributed by atoms with Crippen LogP contribution in [0.25, 0.3) is 0 Å². The molecule has 0 aliphatic carbocycles. The van der Waals surface area contributed by atoms with Crippen molar-refractivity contribution in [1.29, 1.82) is 0 Å². The zero-order valence-corrected chi connectivity index (χ0v) is 12.5. The lowest BCUT2D eigenvalue weighted by atomic mass is 10.3. The van der Waals surface area contributed by atoms with Gasteiger partial charge < -0.3 is 5.73 Å². The van der Waals surface area contributed by atoms with E-state index in [1.807, 2.05) is 20.0 Å². The van der Waals surface area contributed by atoms with Crippen LogP contribution >= 0.6 is 11.6 Å². The lowest BCUT2D eigenvalue weighted by molar-refractivity contribution is 0.675. The van der Waals surface area contributed by atoms with E-state index < -0.39 is 10.8 Å². The monoisotopic (exact) mass is 297 g/mol. The molecule has 1 aromatic carbocycles. The van der Waals surface area contributed by atoms with Gasteiger partial charge in [0.2, 0.25) is 0 Å². The van der Waals surface area contributed by atoms with Crippen LogP contribution in [0.1, 0.15) is 18.3 Å². The minimum atomic E-state index is -1.20. The van der Waals surface area contributed by atoms with Crippen LogP contribution in [0.3, 0.4) is 0 Å². The number of rotatable bonds is 4. The number of halogens is 1. The van der Waals surface area contributed by atoms with E-state index in [4.69, 9.17) is 17.3 Å². The minimum Gasteiger partial charge on any atom is -0.398 e. The first-order chi connectivity index (χ1) is 9.01. The zero-order valence-electron chi connectivity index (χ0n) is 10.9. The number of aryl methyl sites for hydroxylation is 2. The van der Waals surface area contributed by atoms with Crippen molar-refractivity contribution in [2.24, 2.45) is 7.05 Å². The highest BCUT2D eigenvalue weighted by Gasteiger charge is 2.12. The van der Waals surface area contributed by atoms with Crippen LogP contribution in [0.2, 0.25) is 5.02 Å². The van der Waals surface area contributed by atoms with Gasteiger partial charge in [-0.15, -0.1) is 0 Å². The van der Waals surface area contributed by atoms with Gasteiger partial charge in [-0.05, 0) is 30.7 Å². The molecule has 2 rings (SSSR count). The maximum Gasteiger partial charge on any atom is 0.0703 e. The van der Waals surface area contributed by atoms with Gasteiger partial charge in [-0.3, -0.25) is 8.89 Å². The van der Waals surface area contributed by atoms with Crippen LogP contribution < -0.4 is 5.73 Å². The summed E-state index contributed by atoms with van der Waals surface area (Å²) in [5.41, 5.74) is 8.24. The average molecular weight is 298 g/mol. The third-order valence-electron chi connectivity index (χ3n) is 2.89. The molecule has 0 amide bonds. The summed E-state index contributed by atoms with van der Waals surface area (Å²) in [6.07, 6.45) is 0.865. The van der Waals surface area contributed by atoms with Crippen molar-refractivity contribution in [3.8, 4) is 0 Å². The van der Waals surface area contributed by atoms with E-state index in [0.717, 1.165) is 17.8 Å². The molecule has 1 unspecified atom stereocenters. The van der Waals surface area contributed by atoms with Crippen LogP contribution in [0.5, 0.6) is 0 Å². The topological polar surface area (TPSA) is 60.9 Å². The first-order valence-corrected chi connectivity index (χ1v) is 7.66. The van der Waals surface area contributed by atoms with E-state index in [1.54, 1.807) is 22.9 Å². The molecule has 0 aliphatic rings.